The van der Waals surface area contributed by atoms with Crippen molar-refractivity contribution in [1.29, 1.82) is 0 Å². The van der Waals surface area contributed by atoms with Crippen molar-refractivity contribution in [3.8, 4) is 0 Å². The first-order chi connectivity index (χ1) is 12.1. The predicted octanol–water partition coefficient (Wildman–Crippen LogP) is 2.98. The van der Waals surface area contributed by atoms with Crippen molar-refractivity contribution in [2.45, 2.75) is 31.3 Å². The van der Waals surface area contributed by atoms with Crippen LogP contribution in [-0.2, 0) is 22.5 Å². The Balaban J connectivity index is 1.73. The number of nitrogens with zero attached hydrogens (tertiary/aromatic N) is 1. The lowest BCUT2D eigenvalue weighted by Gasteiger charge is -2.36. The molecule has 2 unspecified atom stereocenters. The maximum absolute atomic E-state index is 12.6. The van der Waals surface area contributed by atoms with Gasteiger partial charge in [-0.05, 0) is 11.1 Å². The molecule has 0 radical (unpaired) electrons. The third kappa shape index (κ3) is 4.00. The van der Waals surface area contributed by atoms with E-state index in [0.717, 1.165) is 11.1 Å². The quantitative estimate of drug-likeness (QED) is 0.908. The normalized spacial score (nSPS) is 22.8. The summed E-state index contributed by atoms with van der Waals surface area (Å²) in [6.45, 7) is 0.395. The van der Waals surface area contributed by atoms with Gasteiger partial charge in [-0.2, -0.15) is 0 Å². The van der Waals surface area contributed by atoms with Crippen LogP contribution >= 0.6 is 0 Å². The highest BCUT2D eigenvalue weighted by Gasteiger charge is 2.49. The second kappa shape index (κ2) is 7.68. The van der Waals surface area contributed by atoms with Gasteiger partial charge in [-0.15, -0.1) is 0 Å². The number of hydrogen-bond acceptors (Lipinski definition) is 4. The van der Waals surface area contributed by atoms with E-state index < -0.39 is 17.9 Å². The summed E-state index contributed by atoms with van der Waals surface area (Å²) in [5.74, 6) is 0. The summed E-state index contributed by atoms with van der Waals surface area (Å²) in [5.41, 5.74) is 1.06. The molecular formula is C20H23NO4. The topological polar surface area (TPSA) is 59.0 Å². The van der Waals surface area contributed by atoms with E-state index in [9.17, 15) is 9.90 Å². The molecule has 0 aliphatic carbocycles. The monoisotopic (exact) mass is 341 g/mol. The first-order valence-electron chi connectivity index (χ1n) is 8.38. The number of aliphatic hydroxyl groups is 1. The van der Waals surface area contributed by atoms with E-state index in [0.29, 0.717) is 12.8 Å². The summed E-state index contributed by atoms with van der Waals surface area (Å²) >= 11 is 0. The fourth-order valence-corrected chi connectivity index (χ4v) is 3.31. The third-order valence-electron chi connectivity index (χ3n) is 4.57. The molecule has 2 atom stereocenters. The van der Waals surface area contributed by atoms with Gasteiger partial charge in [0, 0.05) is 20.0 Å². The summed E-state index contributed by atoms with van der Waals surface area (Å²) in [6, 6.07) is 19.3. The van der Waals surface area contributed by atoms with Crippen molar-refractivity contribution in [3.05, 3.63) is 71.8 Å². The lowest BCUT2D eigenvalue weighted by Crippen LogP contribution is -2.50. The average Bonchev–Trinajstić information content (AvgIpc) is 2.98. The Kier molecular flexibility index (Phi) is 5.36. The van der Waals surface area contributed by atoms with Crippen LogP contribution in [0.4, 0.5) is 4.79 Å². The van der Waals surface area contributed by atoms with E-state index in [4.69, 9.17) is 9.47 Å². The van der Waals surface area contributed by atoms with Gasteiger partial charge >= 0.3 is 6.09 Å². The number of rotatable bonds is 5. The molecule has 1 heterocycles. The molecule has 0 bridgehead atoms. The molecule has 5 heteroatoms. The molecule has 2 aromatic rings. The molecule has 25 heavy (non-hydrogen) atoms. The average molecular weight is 341 g/mol. The molecule has 0 spiro atoms. The predicted molar refractivity (Wildman–Crippen MR) is 93.8 cm³/mol. The number of hydrogen-bond donors (Lipinski definition) is 1. The Morgan fingerprint density at radius 1 is 1.12 bits per heavy atom. The molecule has 1 N–H and O–H groups in total. The van der Waals surface area contributed by atoms with Crippen LogP contribution in [0, 0.1) is 0 Å². The first kappa shape index (κ1) is 17.5. The van der Waals surface area contributed by atoms with Crippen LogP contribution in [-0.4, -0.2) is 41.6 Å². The summed E-state index contributed by atoms with van der Waals surface area (Å²) < 4.78 is 11.2. The molecule has 1 aliphatic heterocycles. The Morgan fingerprint density at radius 2 is 1.72 bits per heavy atom. The van der Waals surface area contributed by atoms with E-state index in [1.54, 1.807) is 7.11 Å². The largest absolute Gasteiger partial charge is 0.444 e. The van der Waals surface area contributed by atoms with Gasteiger partial charge in [0.05, 0.1) is 12.6 Å². The minimum atomic E-state index is -0.894. The number of carbonyl (C=O) groups is 1. The number of β-amino-alcohol motifs (C(OH)–C–C–N with tert-alkyl or cyclic N) is 1. The number of amides is 1. The standard InChI is InChI=1S/C20H23NO4/c1-24-20(12-16-8-4-2-5-9-16)13-18(22)14-21(20)19(23)25-15-17-10-6-3-7-11-17/h2-11,18,22H,12-15H2,1H3. The lowest BCUT2D eigenvalue weighted by atomic mass is 9.99. The number of carbonyl (C=O) groups excluding carboxylic acids is 1. The Hall–Kier alpha value is -2.37. The summed E-state index contributed by atoms with van der Waals surface area (Å²) in [5, 5.41) is 10.1. The van der Waals surface area contributed by atoms with Crippen molar-refractivity contribution < 1.29 is 19.4 Å². The number of aliphatic hydroxyl groups excluding tert-OH is 1. The molecule has 0 saturated carbocycles. The molecule has 132 valence electrons. The maximum atomic E-state index is 12.6. The van der Waals surface area contributed by atoms with Gasteiger partial charge < -0.3 is 14.6 Å². The van der Waals surface area contributed by atoms with Crippen LogP contribution < -0.4 is 0 Å². The van der Waals surface area contributed by atoms with Gasteiger partial charge in [-0.3, -0.25) is 4.90 Å². The number of methoxy groups -OCH3 is 1. The zero-order valence-electron chi connectivity index (χ0n) is 14.3. The summed E-state index contributed by atoms with van der Waals surface area (Å²) in [7, 11) is 1.57. The second-order valence-electron chi connectivity index (χ2n) is 6.32. The molecule has 1 amide bonds. The molecule has 2 aromatic carbocycles. The van der Waals surface area contributed by atoms with Crippen molar-refractivity contribution >= 4 is 6.09 Å². The zero-order valence-corrected chi connectivity index (χ0v) is 14.3. The Labute approximate surface area is 147 Å². The zero-order chi connectivity index (χ0) is 17.7. The minimum absolute atomic E-state index is 0.192. The van der Waals surface area contributed by atoms with Crippen LogP contribution in [0.1, 0.15) is 17.5 Å². The SMILES string of the molecule is COC1(Cc2ccccc2)CC(O)CN1C(=O)OCc1ccccc1. The van der Waals surface area contributed by atoms with E-state index in [2.05, 4.69) is 0 Å². The van der Waals surface area contributed by atoms with E-state index >= 15 is 0 Å². The highest BCUT2D eigenvalue weighted by Crippen LogP contribution is 2.34. The van der Waals surface area contributed by atoms with Crippen molar-refractivity contribution in [3.63, 3.8) is 0 Å². The number of likely N-dealkylation sites (tertiary alicyclic amines) is 1. The van der Waals surface area contributed by atoms with Gasteiger partial charge in [-0.25, -0.2) is 4.79 Å². The molecular weight excluding hydrogens is 318 g/mol. The van der Waals surface area contributed by atoms with E-state index in [1.807, 2.05) is 60.7 Å². The van der Waals surface area contributed by atoms with Crippen molar-refractivity contribution in [2.24, 2.45) is 0 Å². The summed E-state index contributed by atoms with van der Waals surface area (Å²) in [4.78, 5) is 14.1. The third-order valence-corrected chi connectivity index (χ3v) is 4.57. The number of benzene rings is 2. The molecule has 1 saturated heterocycles. The van der Waals surface area contributed by atoms with Gasteiger partial charge in [0.1, 0.15) is 6.61 Å². The highest BCUT2D eigenvalue weighted by molar-refractivity contribution is 5.69. The van der Waals surface area contributed by atoms with Crippen molar-refractivity contribution in [2.75, 3.05) is 13.7 Å². The van der Waals surface area contributed by atoms with Crippen molar-refractivity contribution in [1.82, 2.24) is 4.90 Å². The van der Waals surface area contributed by atoms with Gasteiger partial charge in [-0.1, -0.05) is 60.7 Å². The Morgan fingerprint density at radius 3 is 2.32 bits per heavy atom. The molecule has 1 aliphatic rings. The highest BCUT2D eigenvalue weighted by atomic mass is 16.6. The maximum Gasteiger partial charge on any atom is 0.412 e. The first-order valence-corrected chi connectivity index (χ1v) is 8.38. The second-order valence-corrected chi connectivity index (χ2v) is 6.32. The number of ether oxygens (including phenoxy) is 2. The van der Waals surface area contributed by atoms with Crippen LogP contribution in [0.5, 0.6) is 0 Å². The fraction of sp³-hybridized carbons (Fsp3) is 0.350. The van der Waals surface area contributed by atoms with Crippen LogP contribution in [0.2, 0.25) is 0 Å². The fourth-order valence-electron chi connectivity index (χ4n) is 3.31. The molecule has 0 aromatic heterocycles. The van der Waals surface area contributed by atoms with E-state index in [-0.39, 0.29) is 13.2 Å². The minimum Gasteiger partial charge on any atom is -0.444 e. The molecule has 5 nitrogen and oxygen atoms in total. The van der Waals surface area contributed by atoms with Crippen LogP contribution in [0.25, 0.3) is 0 Å². The Bertz CT molecular complexity index is 691. The van der Waals surface area contributed by atoms with E-state index in [1.165, 1.54) is 4.90 Å². The molecule has 3 rings (SSSR count). The van der Waals surface area contributed by atoms with Gasteiger partial charge in [0.25, 0.3) is 0 Å². The summed E-state index contributed by atoms with van der Waals surface area (Å²) in [6.07, 6.45) is -0.244. The lowest BCUT2D eigenvalue weighted by molar-refractivity contribution is -0.103. The van der Waals surface area contributed by atoms with Gasteiger partial charge in [0.15, 0.2) is 5.72 Å². The molecule has 1 fully saturated rings. The van der Waals surface area contributed by atoms with Gasteiger partial charge in [0.2, 0.25) is 0 Å². The smallest absolute Gasteiger partial charge is 0.412 e. The van der Waals surface area contributed by atoms with Crippen LogP contribution in [0.3, 0.4) is 0 Å². The van der Waals surface area contributed by atoms with Crippen LogP contribution in [0.15, 0.2) is 60.7 Å².